The third kappa shape index (κ3) is 4.52. The molecule has 0 bridgehead atoms. The lowest BCUT2D eigenvalue weighted by Gasteiger charge is -2.15. The summed E-state index contributed by atoms with van der Waals surface area (Å²) >= 11 is 5.88. The predicted molar refractivity (Wildman–Crippen MR) is 110 cm³/mol. The number of primary amides is 1. The topological polar surface area (TPSA) is 115 Å². The standard InChI is InChI=1S/C21H18ClN3O4/c1-2-29-21(28)18(20(23)27)19-16(24-14-5-3-4-6-15(14)25-19)11-17(26)12-7-9-13(22)10-8-12/h3-11,18,26H,2H2,1H3,(H2,23,27)/b17-11-. The van der Waals surface area contributed by atoms with Gasteiger partial charge in [-0.2, -0.15) is 0 Å². The van der Waals surface area contributed by atoms with Crippen molar-refractivity contribution in [3.8, 4) is 0 Å². The molecular formula is C21H18ClN3O4. The molecule has 0 saturated carbocycles. The molecule has 3 aromatic rings. The number of halogens is 1. The van der Waals surface area contributed by atoms with E-state index in [2.05, 4.69) is 9.97 Å². The minimum Gasteiger partial charge on any atom is -0.507 e. The highest BCUT2D eigenvalue weighted by atomic mass is 35.5. The molecule has 1 aromatic heterocycles. The van der Waals surface area contributed by atoms with Crippen molar-refractivity contribution in [2.24, 2.45) is 5.73 Å². The zero-order chi connectivity index (χ0) is 21.0. The van der Waals surface area contributed by atoms with Gasteiger partial charge in [0.25, 0.3) is 0 Å². The highest BCUT2D eigenvalue weighted by Crippen LogP contribution is 2.25. The van der Waals surface area contributed by atoms with Gasteiger partial charge in [-0.25, -0.2) is 9.97 Å². The molecule has 2 aromatic carbocycles. The molecule has 29 heavy (non-hydrogen) atoms. The molecule has 8 heteroatoms. The monoisotopic (exact) mass is 411 g/mol. The molecule has 0 radical (unpaired) electrons. The Bertz CT molecular complexity index is 1100. The lowest BCUT2D eigenvalue weighted by atomic mass is 10.0. The molecule has 7 nitrogen and oxygen atoms in total. The van der Waals surface area contributed by atoms with Crippen LogP contribution in [0.5, 0.6) is 0 Å². The van der Waals surface area contributed by atoms with Crippen molar-refractivity contribution in [1.82, 2.24) is 9.97 Å². The van der Waals surface area contributed by atoms with Crippen LogP contribution in [0, 0.1) is 0 Å². The van der Waals surface area contributed by atoms with Crippen molar-refractivity contribution in [2.45, 2.75) is 12.8 Å². The van der Waals surface area contributed by atoms with Crippen molar-refractivity contribution < 1.29 is 19.4 Å². The van der Waals surface area contributed by atoms with Crippen LogP contribution < -0.4 is 5.73 Å². The summed E-state index contributed by atoms with van der Waals surface area (Å²) in [6, 6.07) is 13.5. The first kappa shape index (κ1) is 20.3. The zero-order valence-electron chi connectivity index (χ0n) is 15.5. The first-order valence-corrected chi connectivity index (χ1v) is 9.17. The van der Waals surface area contributed by atoms with Crippen LogP contribution in [0.3, 0.4) is 0 Å². The average Bonchev–Trinajstić information content (AvgIpc) is 2.69. The highest BCUT2D eigenvalue weighted by Gasteiger charge is 2.32. The van der Waals surface area contributed by atoms with Crippen LogP contribution in [-0.2, 0) is 14.3 Å². The number of benzene rings is 2. The number of hydrogen-bond acceptors (Lipinski definition) is 6. The molecule has 1 heterocycles. The summed E-state index contributed by atoms with van der Waals surface area (Å²) in [5.41, 5.74) is 7.08. The number of nitrogens with two attached hydrogens (primary N) is 1. The van der Waals surface area contributed by atoms with E-state index in [1.54, 1.807) is 55.5 Å². The van der Waals surface area contributed by atoms with Crippen LogP contribution in [-0.4, -0.2) is 33.6 Å². The lowest BCUT2D eigenvalue weighted by molar-refractivity contribution is -0.147. The quantitative estimate of drug-likeness (QED) is 0.364. The number of hydrogen-bond donors (Lipinski definition) is 2. The van der Waals surface area contributed by atoms with Gasteiger partial charge in [-0.1, -0.05) is 23.7 Å². The summed E-state index contributed by atoms with van der Waals surface area (Å²) < 4.78 is 4.98. The molecule has 0 aliphatic heterocycles. The van der Waals surface area contributed by atoms with Gasteiger partial charge in [0, 0.05) is 16.7 Å². The fourth-order valence-corrected chi connectivity index (χ4v) is 2.89. The molecule has 0 aliphatic carbocycles. The number of nitrogens with zero attached hydrogens (tertiary/aromatic N) is 2. The van der Waals surface area contributed by atoms with E-state index in [1.807, 2.05) is 0 Å². The third-order valence-electron chi connectivity index (χ3n) is 4.12. The SMILES string of the molecule is CCOC(=O)C(C(N)=O)c1nc2ccccc2nc1/C=C(\O)c1ccc(Cl)cc1. The molecule has 0 saturated heterocycles. The number of aliphatic hydroxyl groups excluding tert-OH is 1. The second-order valence-electron chi connectivity index (χ2n) is 6.11. The Balaban J connectivity index is 2.19. The van der Waals surface area contributed by atoms with E-state index in [0.29, 0.717) is 21.6 Å². The Hall–Kier alpha value is -3.45. The summed E-state index contributed by atoms with van der Waals surface area (Å²) in [6.45, 7) is 1.69. The number of rotatable bonds is 6. The molecule has 0 aliphatic rings. The maximum absolute atomic E-state index is 12.4. The first-order chi connectivity index (χ1) is 13.9. The minimum absolute atomic E-state index is 0.00941. The van der Waals surface area contributed by atoms with Gasteiger partial charge < -0.3 is 15.6 Å². The van der Waals surface area contributed by atoms with Crippen LogP contribution in [0.2, 0.25) is 5.02 Å². The fraction of sp³-hybridized carbons (Fsp3) is 0.143. The normalized spacial score (nSPS) is 12.6. The van der Waals surface area contributed by atoms with E-state index in [0.717, 1.165) is 0 Å². The average molecular weight is 412 g/mol. The predicted octanol–water partition coefficient (Wildman–Crippen LogP) is 3.47. The maximum Gasteiger partial charge on any atom is 0.324 e. The number of ether oxygens (including phenoxy) is 1. The molecule has 1 unspecified atom stereocenters. The summed E-state index contributed by atoms with van der Waals surface area (Å²) in [5.74, 6) is -3.35. The van der Waals surface area contributed by atoms with Crippen molar-refractivity contribution in [1.29, 1.82) is 0 Å². The molecule has 3 rings (SSSR count). The molecule has 0 spiro atoms. The van der Waals surface area contributed by atoms with E-state index in [4.69, 9.17) is 22.1 Å². The number of fused-ring (bicyclic) bond motifs is 1. The number of carbonyl (C=O) groups excluding carboxylic acids is 2. The van der Waals surface area contributed by atoms with Crippen molar-refractivity contribution in [3.05, 3.63) is 70.5 Å². The fourth-order valence-electron chi connectivity index (χ4n) is 2.77. The second-order valence-corrected chi connectivity index (χ2v) is 6.54. The van der Waals surface area contributed by atoms with Crippen LogP contribution in [0.15, 0.2) is 48.5 Å². The molecule has 148 valence electrons. The van der Waals surface area contributed by atoms with E-state index in [1.165, 1.54) is 6.08 Å². The first-order valence-electron chi connectivity index (χ1n) is 8.80. The summed E-state index contributed by atoms with van der Waals surface area (Å²) in [4.78, 5) is 33.3. The Morgan fingerprint density at radius 2 is 1.76 bits per heavy atom. The number of aromatic nitrogens is 2. The summed E-state index contributed by atoms with van der Waals surface area (Å²) in [6.07, 6.45) is 1.33. The van der Waals surface area contributed by atoms with Gasteiger partial charge in [-0.05, 0) is 43.3 Å². The van der Waals surface area contributed by atoms with Gasteiger partial charge in [0.05, 0.1) is 29.0 Å². The third-order valence-corrected chi connectivity index (χ3v) is 4.37. The van der Waals surface area contributed by atoms with E-state index >= 15 is 0 Å². The van der Waals surface area contributed by atoms with Gasteiger partial charge in [0.2, 0.25) is 5.91 Å². The zero-order valence-corrected chi connectivity index (χ0v) is 16.3. The Kier molecular flexibility index (Phi) is 6.09. The molecule has 1 atom stereocenters. The van der Waals surface area contributed by atoms with Gasteiger partial charge in [-0.15, -0.1) is 0 Å². The lowest BCUT2D eigenvalue weighted by Crippen LogP contribution is -2.31. The molecular weight excluding hydrogens is 394 g/mol. The van der Waals surface area contributed by atoms with Gasteiger partial charge >= 0.3 is 5.97 Å². The smallest absolute Gasteiger partial charge is 0.324 e. The van der Waals surface area contributed by atoms with Gasteiger partial charge in [-0.3, -0.25) is 9.59 Å². The minimum atomic E-state index is -1.46. The molecule has 0 fully saturated rings. The summed E-state index contributed by atoms with van der Waals surface area (Å²) in [7, 11) is 0. The van der Waals surface area contributed by atoms with Gasteiger partial charge in [0.15, 0.2) is 5.92 Å². The number of amides is 1. The Morgan fingerprint density at radius 3 is 2.34 bits per heavy atom. The number of esters is 1. The summed E-state index contributed by atoms with van der Waals surface area (Å²) in [5, 5.41) is 11.1. The largest absolute Gasteiger partial charge is 0.507 e. The van der Waals surface area contributed by atoms with Crippen molar-refractivity contribution in [3.63, 3.8) is 0 Å². The number of aliphatic hydroxyl groups is 1. The highest BCUT2D eigenvalue weighted by molar-refractivity contribution is 6.30. The van der Waals surface area contributed by atoms with Crippen LogP contribution in [0.25, 0.3) is 22.9 Å². The second kappa shape index (κ2) is 8.70. The van der Waals surface area contributed by atoms with Crippen molar-refractivity contribution in [2.75, 3.05) is 6.61 Å². The van der Waals surface area contributed by atoms with E-state index in [-0.39, 0.29) is 23.8 Å². The van der Waals surface area contributed by atoms with Crippen LogP contribution >= 0.6 is 11.6 Å². The van der Waals surface area contributed by atoms with E-state index in [9.17, 15) is 14.7 Å². The van der Waals surface area contributed by atoms with Crippen molar-refractivity contribution >= 4 is 46.3 Å². The van der Waals surface area contributed by atoms with E-state index < -0.39 is 17.8 Å². The van der Waals surface area contributed by atoms with Crippen LogP contribution in [0.4, 0.5) is 0 Å². The molecule has 1 amide bonds. The molecule has 3 N–H and O–H groups in total. The number of carbonyl (C=O) groups is 2. The number of para-hydroxylation sites is 2. The Labute approximate surface area is 171 Å². The maximum atomic E-state index is 12.4. The van der Waals surface area contributed by atoms with Crippen LogP contribution in [0.1, 0.15) is 29.8 Å². The van der Waals surface area contributed by atoms with Gasteiger partial charge in [0.1, 0.15) is 5.76 Å². The Morgan fingerprint density at radius 1 is 1.14 bits per heavy atom.